The second-order valence-electron chi connectivity index (χ2n) is 12.7. The Labute approximate surface area is 278 Å². The maximum atomic E-state index is 11.5. The number of H-pyrrole nitrogens is 1. The summed E-state index contributed by atoms with van der Waals surface area (Å²) in [5.74, 6) is 1.85. The van der Waals surface area contributed by atoms with Crippen LogP contribution in [0.5, 0.6) is 11.5 Å². The summed E-state index contributed by atoms with van der Waals surface area (Å²) in [6.45, 7) is 19.1. The fraction of sp³-hybridized carbons (Fsp3) is 0.385. The van der Waals surface area contributed by atoms with Crippen molar-refractivity contribution < 1.29 is 19.4 Å². The van der Waals surface area contributed by atoms with E-state index in [0.717, 1.165) is 40.6 Å². The normalized spacial score (nSPS) is 15.0. The number of benzene rings is 3. The van der Waals surface area contributed by atoms with Gasteiger partial charge in [0.15, 0.2) is 0 Å². The lowest BCUT2D eigenvalue weighted by Gasteiger charge is -2.31. The summed E-state index contributed by atoms with van der Waals surface area (Å²) in [4.78, 5) is 21.9. The number of rotatable bonds is 9. The fourth-order valence-electron chi connectivity index (χ4n) is 6.55. The van der Waals surface area contributed by atoms with E-state index in [9.17, 15) is 9.90 Å². The van der Waals surface area contributed by atoms with Gasteiger partial charge in [-0.2, -0.15) is 0 Å². The monoisotopic (exact) mass is 636 g/mol. The van der Waals surface area contributed by atoms with Gasteiger partial charge in [0, 0.05) is 35.1 Å². The number of carboxylic acid groups (broad SMARTS) is 1. The molecule has 8 nitrogen and oxygen atoms in total. The molecule has 47 heavy (non-hydrogen) atoms. The van der Waals surface area contributed by atoms with Gasteiger partial charge in [-0.3, -0.25) is 0 Å². The quantitative estimate of drug-likeness (QED) is 0.169. The largest absolute Gasteiger partial charge is 0.497 e. The van der Waals surface area contributed by atoms with Gasteiger partial charge in [-0.25, -0.2) is 9.78 Å². The molecule has 8 heteroatoms. The topological polar surface area (TPSA) is 99.7 Å². The second-order valence-corrected chi connectivity index (χ2v) is 12.7. The summed E-state index contributed by atoms with van der Waals surface area (Å²) in [6, 6.07) is 17.5. The summed E-state index contributed by atoms with van der Waals surface area (Å²) < 4.78 is 11.6. The first-order valence-electron chi connectivity index (χ1n) is 16.7. The molecule has 4 aromatic rings. The third-order valence-corrected chi connectivity index (χ3v) is 9.17. The SMILES string of the molecule is C=C(NC(C)(C)c1nc2ccc(C(=O)O)cc2[nH]1)c1ccc(C(=C)C2CCCCC2)c(N2CCOc3cc(OC)ccc3C2)c1.CC. The predicted octanol–water partition coefficient (Wildman–Crippen LogP) is 8.78. The van der Waals surface area contributed by atoms with Gasteiger partial charge in [-0.1, -0.05) is 58.4 Å². The number of carboxylic acids is 1. The Morgan fingerprint density at radius 2 is 1.79 bits per heavy atom. The number of aromatic amines is 1. The first kappa shape index (κ1) is 33.6. The molecule has 3 N–H and O–H groups in total. The van der Waals surface area contributed by atoms with E-state index in [0.29, 0.717) is 35.9 Å². The molecule has 1 aromatic heterocycles. The molecule has 6 rings (SSSR count). The summed E-state index contributed by atoms with van der Waals surface area (Å²) in [6.07, 6.45) is 6.16. The zero-order chi connectivity index (χ0) is 33.7. The highest BCUT2D eigenvalue weighted by Gasteiger charge is 2.28. The predicted molar refractivity (Wildman–Crippen MR) is 191 cm³/mol. The van der Waals surface area contributed by atoms with Crippen LogP contribution in [0.2, 0.25) is 0 Å². The van der Waals surface area contributed by atoms with Crippen LogP contribution in [0, 0.1) is 5.92 Å². The zero-order valence-corrected chi connectivity index (χ0v) is 28.4. The number of nitrogens with zero attached hydrogens (tertiary/aromatic N) is 2. The number of hydrogen-bond donors (Lipinski definition) is 3. The molecule has 0 bridgehead atoms. The Kier molecular flexibility index (Phi) is 10.3. The second kappa shape index (κ2) is 14.4. The lowest BCUT2D eigenvalue weighted by Crippen LogP contribution is -2.36. The average molecular weight is 637 g/mol. The van der Waals surface area contributed by atoms with Crippen LogP contribution in [-0.4, -0.2) is 41.3 Å². The van der Waals surface area contributed by atoms with E-state index in [2.05, 4.69) is 52.6 Å². The minimum Gasteiger partial charge on any atom is -0.497 e. The summed E-state index contributed by atoms with van der Waals surface area (Å²) >= 11 is 0. The maximum Gasteiger partial charge on any atom is 0.335 e. The molecule has 3 aromatic carbocycles. The molecule has 0 saturated heterocycles. The number of methoxy groups -OCH3 is 1. The molecule has 0 unspecified atom stereocenters. The van der Waals surface area contributed by atoms with E-state index in [1.807, 2.05) is 39.8 Å². The number of aromatic nitrogens is 2. The number of hydrogen-bond acceptors (Lipinski definition) is 6. The number of aromatic carboxylic acids is 1. The van der Waals surface area contributed by atoms with Crippen LogP contribution >= 0.6 is 0 Å². The van der Waals surface area contributed by atoms with E-state index in [1.165, 1.54) is 43.2 Å². The standard InChI is InChI=1S/C37H42N4O4.C2H6/c1-23(25-9-7-6-8-10-25)30-15-12-26(20-33(30)41-17-18-45-34-21-29(44-5)14-11-28(34)22-41)24(2)40-37(3,4)36-38-31-16-13-27(35(42)43)19-32(31)39-36;1-2/h11-16,19-21,25,40H,1-2,6-10,17-18,22H2,3-5H3,(H,38,39)(H,42,43);1-2H3. The van der Waals surface area contributed by atoms with Gasteiger partial charge < -0.3 is 29.8 Å². The van der Waals surface area contributed by atoms with Gasteiger partial charge >= 0.3 is 5.97 Å². The number of anilines is 1. The molecular weight excluding hydrogens is 588 g/mol. The molecule has 2 aliphatic rings. The van der Waals surface area contributed by atoms with Gasteiger partial charge in [-0.15, -0.1) is 0 Å². The van der Waals surface area contributed by atoms with E-state index in [4.69, 9.17) is 14.5 Å². The minimum absolute atomic E-state index is 0.219. The highest BCUT2D eigenvalue weighted by Crippen LogP contribution is 2.40. The molecule has 1 fully saturated rings. The Balaban J connectivity index is 0.00000213. The number of ether oxygens (including phenoxy) is 2. The number of fused-ring (bicyclic) bond motifs is 2. The van der Waals surface area contributed by atoms with Gasteiger partial charge in [0.2, 0.25) is 0 Å². The van der Waals surface area contributed by atoms with E-state index < -0.39 is 11.5 Å². The molecule has 1 saturated carbocycles. The van der Waals surface area contributed by atoms with Gasteiger partial charge in [0.25, 0.3) is 0 Å². The molecule has 0 amide bonds. The van der Waals surface area contributed by atoms with Crippen LogP contribution < -0.4 is 19.7 Å². The van der Waals surface area contributed by atoms with Gasteiger partial charge in [-0.05, 0) is 80.1 Å². The molecular formula is C39H48N4O4. The number of nitrogens with one attached hydrogen (secondary N) is 2. The van der Waals surface area contributed by atoms with Crippen molar-refractivity contribution >= 4 is 34.0 Å². The number of imidazole rings is 1. The Bertz CT molecular complexity index is 1770. The smallest absolute Gasteiger partial charge is 0.335 e. The van der Waals surface area contributed by atoms with Crippen LogP contribution in [-0.2, 0) is 12.1 Å². The third kappa shape index (κ3) is 7.32. The Hall–Kier alpha value is -4.72. The first-order chi connectivity index (χ1) is 22.6. The lowest BCUT2D eigenvalue weighted by atomic mass is 9.81. The maximum absolute atomic E-state index is 11.5. The van der Waals surface area contributed by atoms with E-state index >= 15 is 0 Å². The van der Waals surface area contributed by atoms with Crippen molar-refractivity contribution in [3.63, 3.8) is 0 Å². The molecule has 0 spiro atoms. The molecule has 248 valence electrons. The van der Waals surface area contributed by atoms with Crippen molar-refractivity contribution in [2.45, 2.75) is 71.9 Å². The first-order valence-corrected chi connectivity index (χ1v) is 16.7. The van der Waals surface area contributed by atoms with Crippen LogP contribution in [0.4, 0.5) is 5.69 Å². The van der Waals surface area contributed by atoms with Crippen molar-refractivity contribution in [1.29, 1.82) is 0 Å². The summed E-state index contributed by atoms with van der Waals surface area (Å²) in [5.41, 5.74) is 7.36. The van der Waals surface area contributed by atoms with Gasteiger partial charge in [0.05, 0.1) is 35.8 Å². The van der Waals surface area contributed by atoms with Crippen molar-refractivity contribution in [2.75, 3.05) is 25.2 Å². The van der Waals surface area contributed by atoms with E-state index in [1.54, 1.807) is 25.3 Å². The average Bonchev–Trinajstić information content (AvgIpc) is 3.42. The van der Waals surface area contributed by atoms with Crippen LogP contribution in [0.25, 0.3) is 22.3 Å². The molecule has 1 aliphatic carbocycles. The Morgan fingerprint density at radius 1 is 1.04 bits per heavy atom. The third-order valence-electron chi connectivity index (χ3n) is 9.17. The van der Waals surface area contributed by atoms with Crippen LogP contribution in [0.1, 0.15) is 92.7 Å². The minimum atomic E-state index is -0.969. The van der Waals surface area contributed by atoms with Crippen molar-refractivity contribution in [1.82, 2.24) is 15.3 Å². The van der Waals surface area contributed by atoms with Crippen LogP contribution in [0.3, 0.4) is 0 Å². The molecule has 2 heterocycles. The van der Waals surface area contributed by atoms with Crippen molar-refractivity contribution in [2.24, 2.45) is 5.92 Å². The molecule has 0 atom stereocenters. The summed E-state index contributed by atoms with van der Waals surface area (Å²) in [5, 5.41) is 13.0. The number of allylic oxidation sites excluding steroid dienone is 1. The highest BCUT2D eigenvalue weighted by atomic mass is 16.5. The van der Waals surface area contributed by atoms with Crippen molar-refractivity contribution in [3.05, 3.63) is 95.8 Å². The lowest BCUT2D eigenvalue weighted by molar-refractivity contribution is 0.0697. The van der Waals surface area contributed by atoms with E-state index in [-0.39, 0.29) is 5.56 Å². The van der Waals surface area contributed by atoms with Crippen molar-refractivity contribution in [3.8, 4) is 11.5 Å². The molecule has 0 radical (unpaired) electrons. The zero-order valence-electron chi connectivity index (χ0n) is 28.4. The molecule has 1 aliphatic heterocycles. The number of carbonyl (C=O) groups is 1. The fourth-order valence-corrected chi connectivity index (χ4v) is 6.55. The highest BCUT2D eigenvalue weighted by molar-refractivity contribution is 5.92. The van der Waals surface area contributed by atoms with Crippen LogP contribution in [0.15, 0.2) is 67.8 Å². The van der Waals surface area contributed by atoms with Gasteiger partial charge in [0.1, 0.15) is 23.9 Å². The Morgan fingerprint density at radius 3 is 2.51 bits per heavy atom. The summed E-state index contributed by atoms with van der Waals surface area (Å²) in [7, 11) is 1.67.